The Labute approximate surface area is 158 Å². The van der Waals surface area contributed by atoms with Gasteiger partial charge in [0.2, 0.25) is 0 Å². The summed E-state index contributed by atoms with van der Waals surface area (Å²) in [6.07, 6.45) is 1.65. The van der Waals surface area contributed by atoms with Gasteiger partial charge in [-0.1, -0.05) is 12.1 Å². The molecule has 0 aliphatic carbocycles. The van der Waals surface area contributed by atoms with Crippen LogP contribution in [-0.2, 0) is 0 Å². The zero-order valence-electron chi connectivity index (χ0n) is 13.8. The lowest BCUT2D eigenvalue weighted by Crippen LogP contribution is -2.27. The van der Waals surface area contributed by atoms with Crippen LogP contribution < -0.4 is 5.32 Å². The maximum Gasteiger partial charge on any atom is 0.273 e. The molecule has 130 valence electrons. The first-order valence-electron chi connectivity index (χ1n) is 7.80. The second kappa shape index (κ2) is 7.50. The summed E-state index contributed by atoms with van der Waals surface area (Å²) in [5.41, 5.74) is 2.32. The van der Waals surface area contributed by atoms with Crippen LogP contribution in [0.25, 0.3) is 5.69 Å². The van der Waals surface area contributed by atoms with E-state index in [2.05, 4.69) is 32.4 Å². The topological polar surface area (TPSA) is 70.7 Å². The van der Waals surface area contributed by atoms with Gasteiger partial charge in [-0.3, -0.25) is 4.79 Å². The van der Waals surface area contributed by atoms with Crippen LogP contribution in [0.5, 0.6) is 0 Å². The number of nitrogens with one attached hydrogen (secondary N) is 1. The van der Waals surface area contributed by atoms with E-state index in [-0.39, 0.29) is 23.5 Å². The normalized spacial score (nSPS) is 11.6. The van der Waals surface area contributed by atoms with Crippen LogP contribution in [0.4, 0.5) is 4.39 Å². The van der Waals surface area contributed by atoms with Crippen molar-refractivity contribution < 1.29 is 9.18 Å². The maximum atomic E-state index is 13.0. The third-order valence-corrected chi connectivity index (χ3v) is 4.44. The molecule has 26 heavy (non-hydrogen) atoms. The zero-order valence-corrected chi connectivity index (χ0v) is 15.4. The summed E-state index contributed by atoms with van der Waals surface area (Å²) in [5.74, 6) is -0.677. The molecule has 0 spiro atoms. The Balaban J connectivity index is 1.77. The standard InChI is InChI=1S/C19H14BrFN4O/c1-12(14-4-2-13(10-22)3-5-14)23-19(26)18-17(20)11-25(24-18)16-8-6-15(21)7-9-16/h2-9,11-12H,1H3,(H,23,26). The van der Waals surface area contributed by atoms with E-state index in [0.717, 1.165) is 5.56 Å². The average Bonchev–Trinajstić information content (AvgIpc) is 3.04. The van der Waals surface area contributed by atoms with E-state index in [9.17, 15) is 9.18 Å². The molecule has 1 amide bonds. The van der Waals surface area contributed by atoms with E-state index in [0.29, 0.717) is 15.7 Å². The Hall–Kier alpha value is -2.98. The number of halogens is 2. The first-order chi connectivity index (χ1) is 12.5. The van der Waals surface area contributed by atoms with E-state index in [1.54, 1.807) is 42.6 Å². The molecule has 1 unspecified atom stereocenters. The number of carbonyl (C=O) groups is 1. The second-order valence-electron chi connectivity index (χ2n) is 5.68. The van der Waals surface area contributed by atoms with Gasteiger partial charge in [0.1, 0.15) is 5.82 Å². The predicted molar refractivity (Wildman–Crippen MR) is 98.3 cm³/mol. The highest BCUT2D eigenvalue weighted by Gasteiger charge is 2.18. The van der Waals surface area contributed by atoms with Gasteiger partial charge in [0, 0.05) is 6.20 Å². The van der Waals surface area contributed by atoms with Crippen LogP contribution in [0.1, 0.15) is 34.6 Å². The quantitative estimate of drug-likeness (QED) is 0.699. The van der Waals surface area contributed by atoms with E-state index in [1.807, 2.05) is 6.92 Å². The Morgan fingerprint density at radius 2 is 1.88 bits per heavy atom. The first-order valence-corrected chi connectivity index (χ1v) is 8.59. The number of hydrogen-bond donors (Lipinski definition) is 1. The molecule has 7 heteroatoms. The molecule has 0 saturated carbocycles. The summed E-state index contributed by atoms with van der Waals surface area (Å²) in [7, 11) is 0. The fraction of sp³-hybridized carbons (Fsp3) is 0.105. The Kier molecular flexibility index (Phi) is 5.14. The number of amides is 1. The smallest absolute Gasteiger partial charge is 0.273 e. The molecule has 3 rings (SSSR count). The van der Waals surface area contributed by atoms with Gasteiger partial charge in [-0.15, -0.1) is 0 Å². The minimum absolute atomic E-state index is 0.231. The van der Waals surface area contributed by atoms with Gasteiger partial charge in [-0.2, -0.15) is 10.4 Å². The van der Waals surface area contributed by atoms with Crippen molar-refractivity contribution in [2.45, 2.75) is 13.0 Å². The molecule has 1 heterocycles. The average molecular weight is 413 g/mol. The van der Waals surface area contributed by atoms with Gasteiger partial charge >= 0.3 is 0 Å². The number of nitrogens with zero attached hydrogens (tertiary/aromatic N) is 3. The molecule has 0 saturated heterocycles. The lowest BCUT2D eigenvalue weighted by Gasteiger charge is -2.13. The Morgan fingerprint density at radius 3 is 2.50 bits per heavy atom. The summed E-state index contributed by atoms with van der Waals surface area (Å²) in [5, 5.41) is 16.0. The molecule has 1 N–H and O–H groups in total. The molecule has 0 fully saturated rings. The number of rotatable bonds is 4. The predicted octanol–water partition coefficient (Wildman–Crippen LogP) is 4.14. The summed E-state index contributed by atoms with van der Waals surface area (Å²) in [4.78, 5) is 12.5. The van der Waals surface area contributed by atoms with Crippen LogP contribution in [-0.4, -0.2) is 15.7 Å². The molecule has 1 atom stereocenters. The highest BCUT2D eigenvalue weighted by molar-refractivity contribution is 9.10. The molecule has 0 bridgehead atoms. The lowest BCUT2D eigenvalue weighted by molar-refractivity contribution is 0.0933. The molecule has 0 radical (unpaired) electrons. The summed E-state index contributed by atoms with van der Waals surface area (Å²) < 4.78 is 15.1. The minimum atomic E-state index is -0.339. The van der Waals surface area contributed by atoms with Crippen molar-refractivity contribution in [3.8, 4) is 11.8 Å². The molecule has 0 aliphatic rings. The molecule has 5 nitrogen and oxygen atoms in total. The SMILES string of the molecule is CC(NC(=O)c1nn(-c2ccc(F)cc2)cc1Br)c1ccc(C#N)cc1. The zero-order chi connectivity index (χ0) is 18.7. The monoisotopic (exact) mass is 412 g/mol. The second-order valence-corrected chi connectivity index (χ2v) is 6.53. The van der Waals surface area contributed by atoms with E-state index >= 15 is 0 Å². The van der Waals surface area contributed by atoms with Gasteiger partial charge < -0.3 is 5.32 Å². The number of benzene rings is 2. The fourth-order valence-corrected chi connectivity index (χ4v) is 2.88. The number of nitriles is 1. The van der Waals surface area contributed by atoms with E-state index in [4.69, 9.17) is 5.26 Å². The third kappa shape index (κ3) is 3.81. The number of hydrogen-bond acceptors (Lipinski definition) is 3. The number of aromatic nitrogens is 2. The largest absolute Gasteiger partial charge is 0.344 e. The molecule has 0 aliphatic heterocycles. The summed E-state index contributed by atoms with van der Waals surface area (Å²) in [6, 6.07) is 14.6. The Morgan fingerprint density at radius 1 is 1.23 bits per heavy atom. The molecule has 1 aromatic heterocycles. The van der Waals surface area contributed by atoms with Crippen molar-refractivity contribution in [1.29, 1.82) is 5.26 Å². The van der Waals surface area contributed by atoms with Gasteiger partial charge in [0.05, 0.1) is 27.8 Å². The van der Waals surface area contributed by atoms with Crippen molar-refractivity contribution in [3.63, 3.8) is 0 Å². The molecular weight excluding hydrogens is 399 g/mol. The van der Waals surface area contributed by atoms with Crippen molar-refractivity contribution in [2.75, 3.05) is 0 Å². The van der Waals surface area contributed by atoms with Crippen LogP contribution in [0.15, 0.2) is 59.2 Å². The van der Waals surface area contributed by atoms with Gasteiger partial charge in [0.25, 0.3) is 5.91 Å². The molecule has 2 aromatic carbocycles. The van der Waals surface area contributed by atoms with Crippen LogP contribution in [0, 0.1) is 17.1 Å². The van der Waals surface area contributed by atoms with E-state index in [1.165, 1.54) is 16.8 Å². The summed E-state index contributed by atoms with van der Waals surface area (Å²) >= 11 is 3.34. The number of carbonyl (C=O) groups excluding carboxylic acids is 1. The fourth-order valence-electron chi connectivity index (χ4n) is 2.43. The van der Waals surface area contributed by atoms with Crippen molar-refractivity contribution >= 4 is 21.8 Å². The van der Waals surface area contributed by atoms with Gasteiger partial charge in [-0.25, -0.2) is 9.07 Å². The highest BCUT2D eigenvalue weighted by atomic mass is 79.9. The van der Waals surface area contributed by atoms with Crippen LogP contribution in [0.2, 0.25) is 0 Å². The lowest BCUT2D eigenvalue weighted by atomic mass is 10.1. The van der Waals surface area contributed by atoms with Crippen LogP contribution >= 0.6 is 15.9 Å². The van der Waals surface area contributed by atoms with Crippen molar-refractivity contribution in [1.82, 2.24) is 15.1 Å². The highest BCUT2D eigenvalue weighted by Crippen LogP contribution is 2.20. The minimum Gasteiger partial charge on any atom is -0.344 e. The first kappa shape index (κ1) is 17.8. The van der Waals surface area contributed by atoms with Crippen molar-refractivity contribution in [2.24, 2.45) is 0 Å². The van der Waals surface area contributed by atoms with Crippen LogP contribution in [0.3, 0.4) is 0 Å². The van der Waals surface area contributed by atoms with Gasteiger partial charge in [-0.05, 0) is 64.8 Å². The third-order valence-electron chi connectivity index (χ3n) is 3.86. The maximum absolute atomic E-state index is 13.0. The Bertz CT molecular complexity index is 974. The van der Waals surface area contributed by atoms with Gasteiger partial charge in [0.15, 0.2) is 5.69 Å². The summed E-state index contributed by atoms with van der Waals surface area (Å²) in [6.45, 7) is 1.85. The van der Waals surface area contributed by atoms with Crippen molar-refractivity contribution in [3.05, 3.63) is 81.8 Å². The molecule has 3 aromatic rings. The molecular formula is C19H14BrFN4O. The van der Waals surface area contributed by atoms with E-state index < -0.39 is 0 Å².